The van der Waals surface area contributed by atoms with Crippen LogP contribution in [0.1, 0.15) is 5.69 Å². The Labute approximate surface area is 220 Å². The summed E-state index contributed by atoms with van der Waals surface area (Å²) >= 11 is 3.52. The number of thioether (sulfide) groups is 2. The molecule has 19 heteroatoms. The molecule has 0 aromatic carbocycles. The summed E-state index contributed by atoms with van der Waals surface area (Å²) in [6.07, 6.45) is 0. The summed E-state index contributed by atoms with van der Waals surface area (Å²) in [6.45, 7) is -0.207. The van der Waals surface area contributed by atoms with Gasteiger partial charge in [-0.2, -0.15) is 0 Å². The molecule has 0 radical (unpaired) electrons. The van der Waals surface area contributed by atoms with Crippen molar-refractivity contribution >= 4 is 69.5 Å². The summed E-state index contributed by atoms with van der Waals surface area (Å²) in [7, 11) is 2.49. The number of hydrogen-bond acceptors (Lipinski definition) is 15. The average molecular weight is 570 g/mol. The molecule has 16 nitrogen and oxygen atoms in total. The molecule has 2 amide bonds. The third-order valence-electron chi connectivity index (χ3n) is 5.08. The van der Waals surface area contributed by atoms with E-state index in [1.54, 1.807) is 0 Å². The molecular formula is C18H19N9O7S3. The number of tetrazole rings is 1. The number of oxime groups is 1. The maximum atomic E-state index is 13.0. The lowest BCUT2D eigenvalue weighted by Gasteiger charge is -2.49. The average Bonchev–Trinajstić information content (AvgIpc) is 3.51. The molecule has 0 saturated carbocycles. The van der Waals surface area contributed by atoms with Crippen molar-refractivity contribution in [2.24, 2.45) is 5.16 Å². The third kappa shape index (κ3) is 5.37. The number of nitrogens with one attached hydrogen (secondary N) is 1. The number of carboxylic acids is 1. The van der Waals surface area contributed by atoms with E-state index in [4.69, 9.17) is 10.6 Å². The Morgan fingerprint density at radius 3 is 2.81 bits per heavy atom. The van der Waals surface area contributed by atoms with E-state index >= 15 is 0 Å². The fourth-order valence-corrected chi connectivity index (χ4v) is 6.34. The largest absolute Gasteiger partial charge is 0.477 e. The van der Waals surface area contributed by atoms with Crippen LogP contribution in [0.5, 0.6) is 0 Å². The zero-order chi connectivity index (χ0) is 26.7. The number of nitrogen functional groups attached to an aromatic ring is 1. The molecule has 2 aliphatic rings. The molecule has 2 aromatic rings. The number of nitrogens with two attached hydrogens (primary N) is 1. The van der Waals surface area contributed by atoms with Crippen molar-refractivity contribution in [3.63, 3.8) is 0 Å². The molecule has 4 rings (SSSR count). The van der Waals surface area contributed by atoms with Gasteiger partial charge in [0.1, 0.15) is 36.5 Å². The van der Waals surface area contributed by atoms with Gasteiger partial charge in [-0.15, -0.1) is 28.2 Å². The van der Waals surface area contributed by atoms with Gasteiger partial charge in [0.15, 0.2) is 10.8 Å². The lowest BCUT2D eigenvalue weighted by atomic mass is 10.0. The van der Waals surface area contributed by atoms with Crippen LogP contribution in [-0.4, -0.2) is 102 Å². The number of rotatable bonds is 10. The highest BCUT2D eigenvalue weighted by molar-refractivity contribution is 8.01. The molecule has 37 heavy (non-hydrogen) atoms. The number of thiazole rings is 1. The highest BCUT2D eigenvalue weighted by Gasteiger charge is 2.54. The van der Waals surface area contributed by atoms with Gasteiger partial charge in [0.25, 0.3) is 11.8 Å². The van der Waals surface area contributed by atoms with Crippen molar-refractivity contribution in [1.29, 1.82) is 0 Å². The maximum Gasteiger partial charge on any atom is 0.352 e. The van der Waals surface area contributed by atoms with Gasteiger partial charge >= 0.3 is 11.9 Å². The number of carboxylic acid groups (broad SMARTS) is 1. The first-order valence-electron chi connectivity index (χ1n) is 10.2. The molecular weight excluding hydrogens is 550 g/mol. The quantitative estimate of drug-likeness (QED) is 0.100. The van der Waals surface area contributed by atoms with E-state index in [1.165, 1.54) is 36.0 Å². The first-order chi connectivity index (χ1) is 17.7. The number of hydrogen-bond donors (Lipinski definition) is 3. The SMILES string of the molecule is CON=C(C(=O)NC1C(=O)N2C(C(=O)O)=C(CSc3nnnn3CC(=O)OC)CS[C@@H]12)c1csc(N)n1. The summed E-state index contributed by atoms with van der Waals surface area (Å²) < 4.78 is 5.83. The molecule has 1 unspecified atom stereocenters. The Morgan fingerprint density at radius 2 is 2.16 bits per heavy atom. The first-order valence-corrected chi connectivity index (χ1v) is 13.2. The van der Waals surface area contributed by atoms with Crippen LogP contribution in [0, 0.1) is 0 Å². The number of carbonyl (C=O) groups excluding carboxylic acids is 3. The number of aromatic nitrogens is 5. The Bertz CT molecular complexity index is 1310. The monoisotopic (exact) mass is 569 g/mol. The highest BCUT2D eigenvalue weighted by Crippen LogP contribution is 2.41. The second kappa shape index (κ2) is 11.1. The summed E-state index contributed by atoms with van der Waals surface area (Å²) in [4.78, 5) is 59.3. The second-order valence-electron chi connectivity index (χ2n) is 7.30. The summed E-state index contributed by atoms with van der Waals surface area (Å²) in [6, 6.07) is -0.980. The number of β-lactam (4-membered cyclic amide) rings is 1. The van der Waals surface area contributed by atoms with Gasteiger partial charge in [-0.05, 0) is 16.0 Å². The minimum absolute atomic E-state index is 0.152. The maximum absolute atomic E-state index is 13.0. The van der Waals surface area contributed by atoms with Gasteiger partial charge in [-0.25, -0.2) is 14.5 Å². The van der Waals surface area contributed by atoms with Crippen molar-refractivity contribution in [2.45, 2.75) is 23.1 Å². The van der Waals surface area contributed by atoms with Crippen molar-refractivity contribution in [2.75, 3.05) is 31.5 Å². The van der Waals surface area contributed by atoms with E-state index < -0.39 is 35.2 Å². The molecule has 196 valence electrons. The fraction of sp³-hybridized carbons (Fsp3) is 0.389. The van der Waals surface area contributed by atoms with Crippen LogP contribution >= 0.6 is 34.9 Å². The number of carbonyl (C=O) groups is 4. The molecule has 2 aliphatic heterocycles. The lowest BCUT2D eigenvalue weighted by molar-refractivity contribution is -0.150. The van der Waals surface area contributed by atoms with Gasteiger partial charge in [-0.3, -0.25) is 19.3 Å². The van der Waals surface area contributed by atoms with Crippen LogP contribution in [0.3, 0.4) is 0 Å². The Balaban J connectivity index is 1.47. The molecule has 0 bridgehead atoms. The van der Waals surface area contributed by atoms with Crippen LogP contribution < -0.4 is 11.1 Å². The molecule has 1 saturated heterocycles. The van der Waals surface area contributed by atoms with E-state index in [0.29, 0.717) is 5.57 Å². The number of ether oxygens (including phenoxy) is 1. The number of fused-ring (bicyclic) bond motifs is 1. The van der Waals surface area contributed by atoms with Gasteiger partial charge in [0, 0.05) is 16.9 Å². The van der Waals surface area contributed by atoms with E-state index in [2.05, 4.69) is 35.7 Å². The fourth-order valence-electron chi connectivity index (χ4n) is 3.43. The molecule has 2 aromatic heterocycles. The van der Waals surface area contributed by atoms with Gasteiger partial charge < -0.3 is 25.7 Å². The Kier molecular flexibility index (Phi) is 7.93. The smallest absolute Gasteiger partial charge is 0.352 e. The number of nitrogens with zero attached hydrogens (tertiary/aromatic N) is 7. The van der Waals surface area contributed by atoms with E-state index in [9.17, 15) is 24.3 Å². The van der Waals surface area contributed by atoms with E-state index in [1.807, 2.05) is 0 Å². The summed E-state index contributed by atoms with van der Waals surface area (Å²) in [5.41, 5.74) is 5.94. The number of methoxy groups -OCH3 is 1. The minimum atomic E-state index is -1.28. The molecule has 4 heterocycles. The number of esters is 1. The predicted molar refractivity (Wildman–Crippen MR) is 130 cm³/mol. The van der Waals surface area contributed by atoms with E-state index in [-0.39, 0.29) is 45.4 Å². The van der Waals surface area contributed by atoms with Crippen LogP contribution in [-0.2, 0) is 35.3 Å². The zero-order valence-corrected chi connectivity index (χ0v) is 21.6. The number of anilines is 1. The van der Waals surface area contributed by atoms with Crippen molar-refractivity contribution < 1.29 is 33.9 Å². The predicted octanol–water partition coefficient (Wildman–Crippen LogP) is -1.23. The van der Waals surface area contributed by atoms with Crippen molar-refractivity contribution in [1.82, 2.24) is 35.4 Å². The third-order valence-corrected chi connectivity index (χ3v) is 8.14. The molecule has 0 aliphatic carbocycles. The normalized spacial score (nSPS) is 19.2. The summed E-state index contributed by atoms with van der Waals surface area (Å²) in [5, 5.41) is 28.6. The number of amides is 2. The van der Waals surface area contributed by atoms with Crippen LogP contribution in [0.2, 0.25) is 0 Å². The van der Waals surface area contributed by atoms with Crippen molar-refractivity contribution in [3.8, 4) is 0 Å². The molecule has 4 N–H and O–H groups in total. The first kappa shape index (κ1) is 26.4. The van der Waals surface area contributed by atoms with Crippen LogP contribution in [0.15, 0.2) is 27.0 Å². The Morgan fingerprint density at radius 1 is 1.38 bits per heavy atom. The molecule has 0 spiro atoms. The lowest BCUT2D eigenvalue weighted by Crippen LogP contribution is -2.71. The summed E-state index contributed by atoms with van der Waals surface area (Å²) in [5.74, 6) is -2.71. The topological polar surface area (TPSA) is 217 Å². The van der Waals surface area contributed by atoms with Gasteiger partial charge in [0.05, 0.1) is 7.11 Å². The Hall–Kier alpha value is -3.71. The second-order valence-corrected chi connectivity index (χ2v) is 10.2. The number of aliphatic carboxylic acids is 1. The molecule has 1 fully saturated rings. The van der Waals surface area contributed by atoms with E-state index in [0.717, 1.165) is 28.0 Å². The van der Waals surface area contributed by atoms with Crippen molar-refractivity contribution in [3.05, 3.63) is 22.3 Å². The van der Waals surface area contributed by atoms with Crippen LogP contribution in [0.25, 0.3) is 0 Å². The van der Waals surface area contributed by atoms with Crippen LogP contribution in [0.4, 0.5) is 5.13 Å². The minimum Gasteiger partial charge on any atom is -0.477 e. The molecule has 2 atom stereocenters. The van der Waals surface area contributed by atoms with Gasteiger partial charge in [-0.1, -0.05) is 16.9 Å². The highest BCUT2D eigenvalue weighted by atomic mass is 32.2. The standard InChI is InChI=1S/C18H19N9O7S3/c1-33-9(28)3-26-18(22-24-25-26)37-5-7-4-35-15-11(14(30)27(15)12(7)16(31)32)21-13(29)10(23-34-2)8-6-36-17(19)20-8/h6,11,15H,3-5H2,1-2H3,(H2,19,20)(H,21,29)(H,31,32)/t11?,15-/m0/s1. The zero-order valence-electron chi connectivity index (χ0n) is 19.2. The van der Waals surface area contributed by atoms with Gasteiger partial charge in [0.2, 0.25) is 5.16 Å².